The Kier molecular flexibility index (Phi) is 4.83. The summed E-state index contributed by atoms with van der Waals surface area (Å²) in [5.74, 6) is -0.299. The smallest absolute Gasteiger partial charge is 0.250 e. The van der Waals surface area contributed by atoms with E-state index in [-0.39, 0.29) is 23.5 Å². The molecule has 0 atom stereocenters. The Morgan fingerprint density at radius 1 is 1.33 bits per heavy atom. The van der Waals surface area contributed by atoms with Crippen molar-refractivity contribution < 1.29 is 17.9 Å². The van der Waals surface area contributed by atoms with Gasteiger partial charge in [-0.15, -0.1) is 0 Å². The van der Waals surface area contributed by atoms with Gasteiger partial charge in [-0.05, 0) is 38.1 Å². The van der Waals surface area contributed by atoms with Crippen LogP contribution in [0.15, 0.2) is 29.2 Å². The lowest BCUT2D eigenvalue weighted by Gasteiger charge is -2.08. The minimum atomic E-state index is -3.71. The van der Waals surface area contributed by atoms with E-state index < -0.39 is 10.0 Å². The maximum absolute atomic E-state index is 11.4. The van der Waals surface area contributed by atoms with E-state index in [4.69, 9.17) is 9.88 Å². The standard InChI is InChI=1S/C11H16N2O4S/c1-8(2)17-7-11(14)13-9-3-5-10(6-4-9)18(12,15)16/h3-6,8H,7H2,1-2H3,(H,13,14)(H2,12,15,16). The molecule has 0 saturated heterocycles. The van der Waals surface area contributed by atoms with Crippen molar-refractivity contribution in [1.82, 2.24) is 0 Å². The number of rotatable bonds is 5. The van der Waals surface area contributed by atoms with Gasteiger partial charge in [-0.2, -0.15) is 0 Å². The fourth-order valence-electron chi connectivity index (χ4n) is 1.17. The fraction of sp³-hybridized carbons (Fsp3) is 0.364. The quantitative estimate of drug-likeness (QED) is 0.824. The molecule has 0 saturated carbocycles. The van der Waals surface area contributed by atoms with Crippen LogP contribution >= 0.6 is 0 Å². The van der Waals surface area contributed by atoms with E-state index in [2.05, 4.69) is 5.32 Å². The van der Waals surface area contributed by atoms with E-state index in [1.165, 1.54) is 24.3 Å². The molecule has 0 bridgehead atoms. The highest BCUT2D eigenvalue weighted by Gasteiger charge is 2.08. The molecule has 0 aliphatic carbocycles. The van der Waals surface area contributed by atoms with Gasteiger partial charge in [0.15, 0.2) is 0 Å². The molecule has 1 amide bonds. The molecule has 0 aromatic heterocycles. The molecule has 0 heterocycles. The van der Waals surface area contributed by atoms with Gasteiger partial charge >= 0.3 is 0 Å². The Labute approximate surface area is 106 Å². The predicted octanol–water partition coefficient (Wildman–Crippen LogP) is 0.698. The van der Waals surface area contributed by atoms with E-state index in [0.717, 1.165) is 0 Å². The van der Waals surface area contributed by atoms with E-state index in [1.807, 2.05) is 13.8 Å². The van der Waals surface area contributed by atoms with Crippen LogP contribution < -0.4 is 10.5 Å². The fourth-order valence-corrected chi connectivity index (χ4v) is 1.68. The molecule has 0 fully saturated rings. The first-order valence-electron chi connectivity index (χ1n) is 5.33. The number of benzene rings is 1. The van der Waals surface area contributed by atoms with Gasteiger partial charge in [0.1, 0.15) is 6.61 Å². The lowest BCUT2D eigenvalue weighted by Crippen LogP contribution is -2.20. The molecular formula is C11H16N2O4S. The van der Waals surface area contributed by atoms with Gasteiger partial charge in [-0.3, -0.25) is 4.79 Å². The molecule has 0 radical (unpaired) electrons. The van der Waals surface area contributed by atoms with Crippen LogP contribution in [0.1, 0.15) is 13.8 Å². The minimum Gasteiger partial charge on any atom is -0.369 e. The van der Waals surface area contributed by atoms with Gasteiger partial charge in [0.2, 0.25) is 15.9 Å². The summed E-state index contributed by atoms with van der Waals surface area (Å²) in [6.07, 6.45) is -0.0273. The summed E-state index contributed by atoms with van der Waals surface area (Å²) in [5.41, 5.74) is 0.486. The highest BCUT2D eigenvalue weighted by Crippen LogP contribution is 2.12. The van der Waals surface area contributed by atoms with Gasteiger partial charge in [-0.1, -0.05) is 0 Å². The Balaban J connectivity index is 2.62. The molecule has 0 unspecified atom stereocenters. The van der Waals surface area contributed by atoms with E-state index >= 15 is 0 Å². The number of hydrogen-bond donors (Lipinski definition) is 2. The number of hydrogen-bond acceptors (Lipinski definition) is 4. The van der Waals surface area contributed by atoms with Crippen LogP contribution in [-0.4, -0.2) is 27.0 Å². The first-order chi connectivity index (χ1) is 8.29. The number of carbonyl (C=O) groups is 1. The zero-order valence-corrected chi connectivity index (χ0v) is 11.0. The molecule has 0 aliphatic heterocycles. The first kappa shape index (κ1) is 14.6. The Hall–Kier alpha value is -1.44. The summed E-state index contributed by atoms with van der Waals surface area (Å²) < 4.78 is 27.2. The van der Waals surface area contributed by atoms with Crippen molar-refractivity contribution in [2.75, 3.05) is 11.9 Å². The minimum absolute atomic E-state index is 0.000991. The molecule has 6 nitrogen and oxygen atoms in total. The van der Waals surface area contributed by atoms with Gasteiger partial charge < -0.3 is 10.1 Å². The first-order valence-corrected chi connectivity index (χ1v) is 6.88. The van der Waals surface area contributed by atoms with Crippen molar-refractivity contribution in [3.8, 4) is 0 Å². The summed E-state index contributed by atoms with van der Waals surface area (Å²) in [6.45, 7) is 3.61. The lowest BCUT2D eigenvalue weighted by molar-refractivity contribution is -0.121. The van der Waals surface area contributed by atoms with Crippen molar-refractivity contribution in [2.45, 2.75) is 24.8 Å². The average Bonchev–Trinajstić information content (AvgIpc) is 2.26. The molecule has 0 spiro atoms. The van der Waals surface area contributed by atoms with Crippen LogP contribution in [0.25, 0.3) is 0 Å². The SMILES string of the molecule is CC(C)OCC(=O)Nc1ccc(S(N)(=O)=O)cc1. The summed E-state index contributed by atoms with van der Waals surface area (Å²) in [6, 6.07) is 5.59. The van der Waals surface area contributed by atoms with E-state index in [0.29, 0.717) is 5.69 Å². The number of primary sulfonamides is 1. The van der Waals surface area contributed by atoms with Crippen LogP contribution in [0.2, 0.25) is 0 Å². The Bertz CT molecular complexity index is 508. The zero-order chi connectivity index (χ0) is 13.8. The highest BCUT2D eigenvalue weighted by molar-refractivity contribution is 7.89. The van der Waals surface area contributed by atoms with Crippen LogP contribution in [0, 0.1) is 0 Å². The third-order valence-corrected chi connectivity index (χ3v) is 2.94. The number of nitrogens with one attached hydrogen (secondary N) is 1. The normalized spacial score (nSPS) is 11.6. The van der Waals surface area contributed by atoms with E-state index in [9.17, 15) is 13.2 Å². The third-order valence-electron chi connectivity index (χ3n) is 2.01. The summed E-state index contributed by atoms with van der Waals surface area (Å²) >= 11 is 0. The second-order valence-corrected chi connectivity index (χ2v) is 5.54. The number of ether oxygens (including phenoxy) is 1. The Morgan fingerprint density at radius 3 is 2.33 bits per heavy atom. The molecular weight excluding hydrogens is 256 g/mol. The zero-order valence-electron chi connectivity index (χ0n) is 10.2. The van der Waals surface area contributed by atoms with Crippen molar-refractivity contribution in [3.05, 3.63) is 24.3 Å². The number of amides is 1. The molecule has 1 aromatic rings. The number of carbonyl (C=O) groups excluding carboxylic acids is 1. The van der Waals surface area contributed by atoms with Crippen LogP contribution in [0.5, 0.6) is 0 Å². The van der Waals surface area contributed by atoms with Crippen molar-refractivity contribution >= 4 is 21.6 Å². The molecule has 100 valence electrons. The van der Waals surface area contributed by atoms with Crippen molar-refractivity contribution in [1.29, 1.82) is 0 Å². The maximum Gasteiger partial charge on any atom is 0.250 e. The van der Waals surface area contributed by atoms with Crippen LogP contribution in [0.3, 0.4) is 0 Å². The predicted molar refractivity (Wildman–Crippen MR) is 67.5 cm³/mol. The molecule has 3 N–H and O–H groups in total. The largest absolute Gasteiger partial charge is 0.369 e. The number of nitrogens with two attached hydrogens (primary N) is 1. The Morgan fingerprint density at radius 2 is 1.89 bits per heavy atom. The molecule has 18 heavy (non-hydrogen) atoms. The lowest BCUT2D eigenvalue weighted by atomic mass is 10.3. The van der Waals surface area contributed by atoms with Gasteiger partial charge in [0, 0.05) is 5.69 Å². The summed E-state index contributed by atoms with van der Waals surface area (Å²) in [7, 11) is -3.71. The molecule has 1 aromatic carbocycles. The topological polar surface area (TPSA) is 98.5 Å². The highest BCUT2D eigenvalue weighted by atomic mass is 32.2. The van der Waals surface area contributed by atoms with Gasteiger partial charge in [-0.25, -0.2) is 13.6 Å². The number of sulfonamides is 1. The van der Waals surface area contributed by atoms with Crippen molar-refractivity contribution in [2.24, 2.45) is 5.14 Å². The molecule has 1 rings (SSSR count). The summed E-state index contributed by atoms with van der Waals surface area (Å²) in [5, 5.41) is 7.53. The summed E-state index contributed by atoms with van der Waals surface area (Å²) in [4.78, 5) is 11.4. The van der Waals surface area contributed by atoms with Crippen LogP contribution in [-0.2, 0) is 19.6 Å². The monoisotopic (exact) mass is 272 g/mol. The number of anilines is 1. The third kappa shape index (κ3) is 4.82. The van der Waals surface area contributed by atoms with Crippen molar-refractivity contribution in [3.63, 3.8) is 0 Å². The van der Waals surface area contributed by atoms with E-state index in [1.54, 1.807) is 0 Å². The maximum atomic E-state index is 11.4. The second-order valence-electron chi connectivity index (χ2n) is 3.98. The molecule has 7 heteroatoms. The van der Waals surface area contributed by atoms with Gasteiger partial charge in [0.25, 0.3) is 0 Å². The van der Waals surface area contributed by atoms with Crippen LogP contribution in [0.4, 0.5) is 5.69 Å². The molecule has 0 aliphatic rings. The van der Waals surface area contributed by atoms with Gasteiger partial charge in [0.05, 0.1) is 11.0 Å². The second kappa shape index (κ2) is 5.94. The average molecular weight is 272 g/mol.